The zero-order valence-corrected chi connectivity index (χ0v) is 17.4. The molecule has 1 heterocycles. The van der Waals surface area contributed by atoms with Gasteiger partial charge in [-0.15, -0.1) is 0 Å². The van der Waals surface area contributed by atoms with Crippen LogP contribution in [0.15, 0.2) is 56.9 Å². The molecule has 4 rings (SSSR count). The Morgan fingerprint density at radius 2 is 1.80 bits per heavy atom. The Hall–Kier alpha value is -3.22. The van der Waals surface area contributed by atoms with E-state index in [-0.39, 0.29) is 16.8 Å². The van der Waals surface area contributed by atoms with E-state index in [1.54, 1.807) is 24.3 Å². The molecular formula is C21H20N4O4S. The molecule has 154 valence electrons. The Kier molecular flexibility index (Phi) is 4.64. The highest BCUT2D eigenvalue weighted by Crippen LogP contribution is 2.36. The van der Waals surface area contributed by atoms with E-state index in [1.165, 1.54) is 29.8 Å². The summed E-state index contributed by atoms with van der Waals surface area (Å²) in [4.78, 5) is 25.5. The van der Waals surface area contributed by atoms with E-state index in [1.807, 2.05) is 13.0 Å². The molecule has 30 heavy (non-hydrogen) atoms. The number of fused-ring (bicyclic) bond motifs is 1. The fraction of sp³-hybridized carbons (Fsp3) is 0.286. The molecule has 1 aliphatic carbocycles. The van der Waals surface area contributed by atoms with E-state index in [4.69, 9.17) is 5.26 Å². The fourth-order valence-electron chi connectivity index (χ4n) is 3.33. The van der Waals surface area contributed by atoms with E-state index < -0.39 is 26.8 Å². The van der Waals surface area contributed by atoms with Gasteiger partial charge in [0.25, 0.3) is 5.56 Å². The lowest BCUT2D eigenvalue weighted by atomic mass is 10.1. The number of rotatable bonds is 5. The lowest BCUT2D eigenvalue weighted by Crippen LogP contribution is -2.38. The van der Waals surface area contributed by atoms with Crippen LogP contribution in [0.2, 0.25) is 0 Å². The molecule has 0 atom stereocenters. The molecule has 0 unspecified atom stereocenters. The van der Waals surface area contributed by atoms with Crippen molar-refractivity contribution in [3.63, 3.8) is 0 Å². The molecule has 3 aromatic rings. The summed E-state index contributed by atoms with van der Waals surface area (Å²) in [6, 6.07) is 13.0. The van der Waals surface area contributed by atoms with E-state index in [9.17, 15) is 18.0 Å². The van der Waals surface area contributed by atoms with Gasteiger partial charge in [0.15, 0.2) is 0 Å². The zero-order chi connectivity index (χ0) is 21.7. The minimum Gasteiger partial charge on any atom is -0.289 e. The summed E-state index contributed by atoms with van der Waals surface area (Å²) in [5.74, 6) is 0. The van der Waals surface area contributed by atoms with Crippen LogP contribution in [0.1, 0.15) is 30.9 Å². The second kappa shape index (κ2) is 6.93. The average molecular weight is 424 g/mol. The number of hydrogen-bond acceptors (Lipinski definition) is 5. The summed E-state index contributed by atoms with van der Waals surface area (Å²) < 4.78 is 30.5. The van der Waals surface area contributed by atoms with Gasteiger partial charge in [-0.2, -0.15) is 5.26 Å². The van der Waals surface area contributed by atoms with Crippen molar-refractivity contribution >= 4 is 20.9 Å². The van der Waals surface area contributed by atoms with Crippen molar-refractivity contribution in [1.82, 2.24) is 13.9 Å². The van der Waals surface area contributed by atoms with Crippen LogP contribution in [-0.2, 0) is 23.6 Å². The van der Waals surface area contributed by atoms with Crippen LogP contribution < -0.4 is 16.0 Å². The van der Waals surface area contributed by atoms with Gasteiger partial charge in [-0.25, -0.2) is 17.9 Å². The standard InChI is InChI=1S/C21H20N4O4S/c1-21(9-10-21)23-30(28,29)16-7-8-18-17(11-16)19(26)24(2)20(27)25(18)13-15-5-3-14(12-22)4-6-15/h3-8,11,23H,9-10,13H2,1-2H3. The largest absolute Gasteiger partial charge is 0.331 e. The minimum absolute atomic E-state index is 0.0104. The predicted octanol–water partition coefficient (Wildman–Crippen LogP) is 1.45. The van der Waals surface area contributed by atoms with Crippen LogP contribution in [0, 0.1) is 11.3 Å². The Labute approximate surface area is 173 Å². The van der Waals surface area contributed by atoms with Crippen LogP contribution in [0.3, 0.4) is 0 Å². The quantitative estimate of drug-likeness (QED) is 0.666. The highest BCUT2D eigenvalue weighted by molar-refractivity contribution is 7.89. The van der Waals surface area contributed by atoms with E-state index >= 15 is 0 Å². The molecular weight excluding hydrogens is 404 g/mol. The molecule has 1 aromatic heterocycles. The molecule has 1 N–H and O–H groups in total. The highest BCUT2D eigenvalue weighted by atomic mass is 32.2. The highest BCUT2D eigenvalue weighted by Gasteiger charge is 2.41. The molecule has 0 bridgehead atoms. The molecule has 0 radical (unpaired) electrons. The maximum atomic E-state index is 12.8. The smallest absolute Gasteiger partial charge is 0.289 e. The van der Waals surface area contributed by atoms with Crippen LogP contribution in [0.25, 0.3) is 10.9 Å². The predicted molar refractivity (Wildman–Crippen MR) is 112 cm³/mol. The number of nitrogens with one attached hydrogen (secondary N) is 1. The Morgan fingerprint density at radius 1 is 1.13 bits per heavy atom. The lowest BCUT2D eigenvalue weighted by Gasteiger charge is -2.15. The van der Waals surface area contributed by atoms with Gasteiger partial charge in [-0.3, -0.25) is 13.9 Å². The van der Waals surface area contributed by atoms with E-state index in [2.05, 4.69) is 4.72 Å². The van der Waals surface area contributed by atoms with Crippen molar-refractivity contribution in [3.8, 4) is 6.07 Å². The molecule has 1 saturated carbocycles. The third kappa shape index (κ3) is 3.56. The summed E-state index contributed by atoms with van der Waals surface area (Å²) in [5.41, 5.74) is 0.132. The topological polar surface area (TPSA) is 114 Å². The summed E-state index contributed by atoms with van der Waals surface area (Å²) >= 11 is 0. The Balaban J connectivity index is 1.84. The van der Waals surface area contributed by atoms with Crippen LogP contribution in [0.4, 0.5) is 0 Å². The first-order valence-electron chi connectivity index (χ1n) is 9.40. The maximum absolute atomic E-state index is 12.8. The second-order valence-corrected chi connectivity index (χ2v) is 9.57. The summed E-state index contributed by atoms with van der Waals surface area (Å²) in [6.45, 7) is 2.01. The number of hydrogen-bond donors (Lipinski definition) is 1. The molecule has 0 amide bonds. The third-order valence-electron chi connectivity index (χ3n) is 5.43. The molecule has 8 nitrogen and oxygen atoms in total. The number of nitriles is 1. The van der Waals surface area contributed by atoms with Crippen molar-refractivity contribution in [2.45, 2.75) is 36.7 Å². The van der Waals surface area contributed by atoms with Crippen molar-refractivity contribution in [1.29, 1.82) is 5.26 Å². The van der Waals surface area contributed by atoms with Gasteiger partial charge in [0.2, 0.25) is 10.0 Å². The van der Waals surface area contributed by atoms with Gasteiger partial charge in [0.1, 0.15) is 0 Å². The van der Waals surface area contributed by atoms with Gasteiger partial charge >= 0.3 is 5.69 Å². The molecule has 0 spiro atoms. The van der Waals surface area contributed by atoms with E-state index in [0.717, 1.165) is 23.0 Å². The first kappa shape index (κ1) is 20.1. The fourth-order valence-corrected chi connectivity index (χ4v) is 4.82. The minimum atomic E-state index is -3.78. The first-order chi connectivity index (χ1) is 14.1. The summed E-state index contributed by atoms with van der Waals surface area (Å²) in [6.07, 6.45) is 1.54. The van der Waals surface area contributed by atoms with Crippen molar-refractivity contribution < 1.29 is 8.42 Å². The van der Waals surface area contributed by atoms with Gasteiger partial charge in [0, 0.05) is 12.6 Å². The molecule has 2 aromatic carbocycles. The number of nitrogens with zero attached hydrogens (tertiary/aromatic N) is 3. The SMILES string of the molecule is Cn1c(=O)c2cc(S(=O)(=O)NC3(C)CC3)ccc2n(Cc2ccc(C#N)cc2)c1=O. The van der Waals surface area contributed by atoms with Crippen LogP contribution in [-0.4, -0.2) is 23.1 Å². The summed E-state index contributed by atoms with van der Waals surface area (Å²) in [7, 11) is -2.42. The average Bonchev–Trinajstić information content (AvgIpc) is 3.45. The van der Waals surface area contributed by atoms with Crippen molar-refractivity contribution in [3.05, 3.63) is 74.4 Å². The molecule has 9 heteroatoms. The van der Waals surface area contributed by atoms with Gasteiger partial charge in [0.05, 0.1) is 34.0 Å². The van der Waals surface area contributed by atoms with Crippen molar-refractivity contribution in [2.24, 2.45) is 7.05 Å². The normalized spacial score (nSPS) is 15.1. The second-order valence-electron chi connectivity index (χ2n) is 7.89. The van der Waals surface area contributed by atoms with Crippen LogP contribution in [0.5, 0.6) is 0 Å². The molecule has 0 saturated heterocycles. The Bertz CT molecular complexity index is 1420. The molecule has 0 aliphatic heterocycles. The Morgan fingerprint density at radius 3 is 2.40 bits per heavy atom. The lowest BCUT2D eigenvalue weighted by molar-refractivity contribution is 0.558. The first-order valence-corrected chi connectivity index (χ1v) is 10.9. The number of benzene rings is 2. The van der Waals surface area contributed by atoms with Gasteiger partial charge in [-0.05, 0) is 55.7 Å². The summed E-state index contributed by atoms with van der Waals surface area (Å²) in [5, 5.41) is 9.09. The molecule has 1 fully saturated rings. The maximum Gasteiger partial charge on any atom is 0.331 e. The number of sulfonamides is 1. The van der Waals surface area contributed by atoms with E-state index in [0.29, 0.717) is 11.1 Å². The molecule has 1 aliphatic rings. The van der Waals surface area contributed by atoms with Gasteiger partial charge in [-0.1, -0.05) is 12.1 Å². The zero-order valence-electron chi connectivity index (χ0n) is 16.5. The number of aromatic nitrogens is 2. The monoisotopic (exact) mass is 424 g/mol. The van der Waals surface area contributed by atoms with Crippen LogP contribution >= 0.6 is 0 Å². The van der Waals surface area contributed by atoms with Gasteiger partial charge < -0.3 is 0 Å². The third-order valence-corrected chi connectivity index (χ3v) is 7.06. The van der Waals surface area contributed by atoms with Crippen molar-refractivity contribution in [2.75, 3.05) is 0 Å².